The Kier molecular flexibility index (Phi) is 4.81. The molecule has 21 heavy (non-hydrogen) atoms. The van der Waals surface area contributed by atoms with E-state index in [0.717, 1.165) is 0 Å². The molecule has 0 N–H and O–H groups in total. The van der Waals surface area contributed by atoms with Crippen molar-refractivity contribution in [3.63, 3.8) is 0 Å². The minimum atomic E-state index is 0.305. The molecule has 0 saturated heterocycles. The second kappa shape index (κ2) is 6.78. The van der Waals surface area contributed by atoms with Gasteiger partial charge < -0.3 is 9.47 Å². The minimum absolute atomic E-state index is 0.305. The Bertz CT molecular complexity index is 706. The summed E-state index contributed by atoms with van der Waals surface area (Å²) in [5.41, 5.74) is 1.65. The Hall–Kier alpha value is -2.51. The van der Waals surface area contributed by atoms with Crippen LogP contribution in [-0.2, 0) is 0 Å². The normalized spacial score (nSPS) is 11.3. The molecular formula is C16H13ClN2O2. The van der Waals surface area contributed by atoms with Gasteiger partial charge in [-0.25, -0.2) is 0 Å². The monoisotopic (exact) mass is 300 g/mol. The van der Waals surface area contributed by atoms with Crippen molar-refractivity contribution in [2.75, 3.05) is 14.2 Å². The smallest absolute Gasteiger partial charge is 0.127 e. The number of halogens is 1. The maximum Gasteiger partial charge on any atom is 0.127 e. The van der Waals surface area contributed by atoms with Gasteiger partial charge in [0, 0.05) is 18.0 Å². The van der Waals surface area contributed by atoms with E-state index in [4.69, 9.17) is 21.1 Å². The highest BCUT2D eigenvalue weighted by Gasteiger charge is 2.14. The first kappa shape index (κ1) is 14.9. The van der Waals surface area contributed by atoms with Crippen LogP contribution in [0.3, 0.4) is 0 Å². The Balaban J connectivity index is 2.63. The highest BCUT2D eigenvalue weighted by atomic mass is 35.5. The molecule has 106 valence electrons. The summed E-state index contributed by atoms with van der Waals surface area (Å²) in [7, 11) is 3.12. The molecule has 4 nitrogen and oxygen atoms in total. The van der Waals surface area contributed by atoms with Gasteiger partial charge in [0.05, 0.1) is 24.8 Å². The number of methoxy groups -OCH3 is 2. The summed E-state index contributed by atoms with van der Waals surface area (Å²) in [5, 5.41) is 9.72. The van der Waals surface area contributed by atoms with Crippen molar-refractivity contribution >= 4 is 22.2 Å². The van der Waals surface area contributed by atoms with Crippen LogP contribution in [0.2, 0.25) is 0 Å². The predicted molar refractivity (Wildman–Crippen MR) is 82.1 cm³/mol. The fourth-order valence-corrected chi connectivity index (χ4v) is 2.18. The molecule has 0 radical (unpaired) electrons. The molecule has 0 atom stereocenters. The summed E-state index contributed by atoms with van der Waals surface area (Å²) in [4.78, 5) is 3.94. The van der Waals surface area contributed by atoms with Gasteiger partial charge in [0.15, 0.2) is 0 Å². The van der Waals surface area contributed by atoms with E-state index >= 15 is 0 Å². The zero-order valence-corrected chi connectivity index (χ0v) is 12.4. The number of hydrogen-bond donors (Lipinski definition) is 0. The molecule has 0 amide bonds. The first-order valence-electron chi connectivity index (χ1n) is 6.14. The fourth-order valence-electron chi connectivity index (χ4n) is 1.88. The van der Waals surface area contributed by atoms with Gasteiger partial charge in [-0.2, -0.15) is 5.26 Å². The first-order valence-corrected chi connectivity index (χ1v) is 6.51. The first-order chi connectivity index (χ1) is 10.2. The topological polar surface area (TPSA) is 55.1 Å². The molecule has 2 rings (SSSR count). The van der Waals surface area contributed by atoms with Crippen molar-refractivity contribution in [3.8, 4) is 17.6 Å². The number of nitriles is 1. The quantitative estimate of drug-likeness (QED) is 0.807. The van der Waals surface area contributed by atoms with Crippen molar-refractivity contribution in [3.05, 3.63) is 53.9 Å². The van der Waals surface area contributed by atoms with Crippen LogP contribution in [-0.4, -0.2) is 19.2 Å². The van der Waals surface area contributed by atoms with Gasteiger partial charge in [-0.3, -0.25) is 4.98 Å². The Morgan fingerprint density at radius 2 is 1.86 bits per heavy atom. The molecule has 0 saturated carbocycles. The number of hydrogen-bond acceptors (Lipinski definition) is 4. The molecule has 0 bridgehead atoms. The number of rotatable bonds is 4. The standard InChI is InChI=1S/C16H13ClN2O2/c1-20-12-3-4-15(21-2)13(9-12)16(17)14(10-18)11-5-7-19-8-6-11/h3-9H,1-2H3/b16-14+. The van der Waals surface area contributed by atoms with E-state index in [9.17, 15) is 5.26 Å². The van der Waals surface area contributed by atoms with Gasteiger partial charge >= 0.3 is 0 Å². The summed E-state index contributed by atoms with van der Waals surface area (Å²) in [6, 6.07) is 10.8. The summed E-state index contributed by atoms with van der Waals surface area (Å²) in [6.07, 6.45) is 3.22. The van der Waals surface area contributed by atoms with Crippen molar-refractivity contribution in [2.45, 2.75) is 0 Å². The van der Waals surface area contributed by atoms with E-state index < -0.39 is 0 Å². The number of allylic oxidation sites excluding steroid dienone is 1. The van der Waals surface area contributed by atoms with Gasteiger partial charge in [-0.15, -0.1) is 0 Å². The molecule has 0 aliphatic rings. The molecule has 0 fully saturated rings. The van der Waals surface area contributed by atoms with Gasteiger partial charge in [0.2, 0.25) is 0 Å². The van der Waals surface area contributed by atoms with E-state index in [1.807, 2.05) is 0 Å². The van der Waals surface area contributed by atoms with E-state index in [-0.39, 0.29) is 0 Å². The maximum atomic E-state index is 9.42. The SMILES string of the molecule is COc1ccc(OC)c(/C(Cl)=C(/C#N)c2ccncc2)c1. The highest BCUT2D eigenvalue weighted by Crippen LogP contribution is 2.36. The van der Waals surface area contributed by atoms with E-state index in [1.165, 1.54) is 0 Å². The van der Waals surface area contributed by atoms with Crippen LogP contribution >= 0.6 is 11.6 Å². The lowest BCUT2D eigenvalue weighted by molar-refractivity contribution is 0.402. The van der Waals surface area contributed by atoms with Crippen LogP contribution in [0.1, 0.15) is 11.1 Å². The van der Waals surface area contributed by atoms with Gasteiger partial charge in [0.25, 0.3) is 0 Å². The average molecular weight is 301 g/mol. The highest BCUT2D eigenvalue weighted by molar-refractivity contribution is 6.53. The maximum absolute atomic E-state index is 9.42. The van der Waals surface area contributed by atoms with E-state index in [1.54, 1.807) is 56.9 Å². The Labute approximate surface area is 128 Å². The van der Waals surface area contributed by atoms with E-state index in [0.29, 0.717) is 33.2 Å². The van der Waals surface area contributed by atoms with Crippen LogP contribution in [0.25, 0.3) is 10.6 Å². The van der Waals surface area contributed by atoms with Crippen LogP contribution in [0, 0.1) is 11.3 Å². The predicted octanol–water partition coefficient (Wildman–Crippen LogP) is 3.73. The lowest BCUT2D eigenvalue weighted by atomic mass is 10.0. The molecule has 0 aliphatic carbocycles. The van der Waals surface area contributed by atoms with Gasteiger partial charge in [0.1, 0.15) is 17.6 Å². The zero-order valence-electron chi connectivity index (χ0n) is 11.6. The van der Waals surface area contributed by atoms with Crippen LogP contribution in [0.15, 0.2) is 42.7 Å². The molecule has 1 aromatic heterocycles. The molecule has 0 spiro atoms. The van der Waals surface area contributed by atoms with Crippen molar-refractivity contribution in [1.29, 1.82) is 5.26 Å². The number of pyridine rings is 1. The summed E-state index contributed by atoms with van der Waals surface area (Å²) >= 11 is 6.42. The van der Waals surface area contributed by atoms with E-state index in [2.05, 4.69) is 11.1 Å². The van der Waals surface area contributed by atoms with Crippen LogP contribution in [0.4, 0.5) is 0 Å². The summed E-state index contributed by atoms with van der Waals surface area (Å²) < 4.78 is 10.5. The lowest BCUT2D eigenvalue weighted by Gasteiger charge is -2.11. The summed E-state index contributed by atoms with van der Waals surface area (Å²) in [5.74, 6) is 1.21. The van der Waals surface area contributed by atoms with Crippen molar-refractivity contribution in [1.82, 2.24) is 4.98 Å². The van der Waals surface area contributed by atoms with Gasteiger partial charge in [-0.1, -0.05) is 11.6 Å². The van der Waals surface area contributed by atoms with Crippen LogP contribution < -0.4 is 9.47 Å². The fraction of sp³-hybridized carbons (Fsp3) is 0.125. The van der Waals surface area contributed by atoms with Gasteiger partial charge in [-0.05, 0) is 35.9 Å². The van der Waals surface area contributed by atoms with Crippen molar-refractivity contribution < 1.29 is 9.47 Å². The number of nitrogens with zero attached hydrogens (tertiary/aromatic N) is 2. The third kappa shape index (κ3) is 3.15. The molecule has 1 heterocycles. The molecular weight excluding hydrogens is 288 g/mol. The summed E-state index contributed by atoms with van der Waals surface area (Å²) in [6.45, 7) is 0. The second-order valence-electron chi connectivity index (χ2n) is 4.10. The lowest BCUT2D eigenvalue weighted by Crippen LogP contribution is -1.93. The third-order valence-electron chi connectivity index (χ3n) is 2.94. The second-order valence-corrected chi connectivity index (χ2v) is 4.48. The average Bonchev–Trinajstić information content (AvgIpc) is 2.55. The number of benzene rings is 1. The number of ether oxygens (including phenoxy) is 2. The van der Waals surface area contributed by atoms with Crippen LogP contribution in [0.5, 0.6) is 11.5 Å². The molecule has 0 unspecified atom stereocenters. The molecule has 0 aliphatic heterocycles. The Morgan fingerprint density at radius 1 is 1.14 bits per heavy atom. The third-order valence-corrected chi connectivity index (χ3v) is 3.34. The minimum Gasteiger partial charge on any atom is -0.497 e. The molecule has 1 aromatic carbocycles. The largest absolute Gasteiger partial charge is 0.497 e. The Morgan fingerprint density at radius 3 is 2.43 bits per heavy atom. The zero-order chi connectivity index (χ0) is 15.2. The molecule has 5 heteroatoms. The van der Waals surface area contributed by atoms with Crippen molar-refractivity contribution in [2.24, 2.45) is 0 Å². The number of aromatic nitrogens is 1. The molecule has 2 aromatic rings.